The van der Waals surface area contributed by atoms with Gasteiger partial charge in [-0.1, -0.05) is 0 Å². The van der Waals surface area contributed by atoms with E-state index >= 15 is 0 Å². The highest BCUT2D eigenvalue weighted by Crippen LogP contribution is 2.46. The summed E-state index contributed by atoms with van der Waals surface area (Å²) in [5, 5.41) is 0.895. The molecule has 1 unspecified atom stereocenters. The molecule has 1 heterocycles. The molecule has 1 atom stereocenters. The Hall–Kier alpha value is -0.220. The van der Waals surface area contributed by atoms with Crippen LogP contribution in [0.25, 0.3) is 0 Å². The number of hydrogen-bond donors (Lipinski definition) is 1. The molecule has 0 spiro atoms. The minimum Gasteiger partial charge on any atom is -0.324 e. The van der Waals surface area contributed by atoms with Crippen molar-refractivity contribution >= 4 is 18.9 Å². The topological polar surface area (TPSA) is 59.4 Å². The molecule has 74 valence electrons. The number of hydrogen-bond acceptors (Lipinski definition) is 4. The quantitative estimate of drug-likeness (QED) is 0.791. The van der Waals surface area contributed by atoms with E-state index in [9.17, 15) is 9.46 Å². The molecule has 0 aromatic carbocycles. The minimum absolute atomic E-state index is 0.0619. The molecule has 0 aliphatic rings. The highest BCUT2D eigenvalue weighted by Gasteiger charge is 2.20. The lowest BCUT2D eigenvalue weighted by Gasteiger charge is -2.08. The first-order chi connectivity index (χ1) is 6.03. The minimum atomic E-state index is -3.43. The second kappa shape index (κ2) is 4.33. The Morgan fingerprint density at radius 1 is 1.77 bits per heavy atom. The van der Waals surface area contributed by atoms with E-state index in [1.165, 1.54) is 11.3 Å². The first kappa shape index (κ1) is 10.9. The lowest BCUT2D eigenvalue weighted by molar-refractivity contribution is 0.273. The molecular weight excluding hydrogens is 209 g/mol. The fourth-order valence-electron chi connectivity index (χ4n) is 0.923. The predicted molar refractivity (Wildman–Crippen MR) is 52.0 cm³/mol. The second-order valence-corrected chi connectivity index (χ2v) is 5.73. The summed E-state index contributed by atoms with van der Waals surface area (Å²) in [6, 6.07) is 0. The molecule has 0 radical (unpaired) electrons. The van der Waals surface area contributed by atoms with Crippen molar-refractivity contribution in [2.24, 2.45) is 0 Å². The highest BCUT2D eigenvalue weighted by atomic mass is 32.1. The third-order valence-corrected chi connectivity index (χ3v) is 3.88. The van der Waals surface area contributed by atoms with Gasteiger partial charge in [-0.25, -0.2) is 4.98 Å². The van der Waals surface area contributed by atoms with E-state index < -0.39 is 7.60 Å². The van der Waals surface area contributed by atoms with E-state index in [0.29, 0.717) is 0 Å². The van der Waals surface area contributed by atoms with Crippen molar-refractivity contribution in [3.05, 3.63) is 16.1 Å². The molecular formula is C7H12NO3PS. The third kappa shape index (κ3) is 3.56. The zero-order chi connectivity index (χ0) is 9.90. The number of nitrogens with zero attached hydrogens (tertiary/aromatic N) is 1. The zero-order valence-electron chi connectivity index (χ0n) is 7.56. The number of aromatic nitrogens is 1. The van der Waals surface area contributed by atoms with Gasteiger partial charge in [-0.05, 0) is 13.8 Å². The van der Waals surface area contributed by atoms with Gasteiger partial charge >= 0.3 is 7.60 Å². The van der Waals surface area contributed by atoms with Gasteiger partial charge in [0.05, 0.1) is 17.8 Å². The molecule has 4 nitrogen and oxygen atoms in total. The molecule has 0 aliphatic carbocycles. The van der Waals surface area contributed by atoms with Gasteiger partial charge in [0.25, 0.3) is 0 Å². The SMILES string of the molecule is CCOP(=O)(O)Cc1cnc(C)s1. The molecule has 13 heavy (non-hydrogen) atoms. The summed E-state index contributed by atoms with van der Waals surface area (Å²) in [7, 11) is -3.43. The fourth-order valence-corrected chi connectivity index (χ4v) is 3.23. The Kier molecular flexibility index (Phi) is 3.62. The Balaban J connectivity index is 2.63. The smallest absolute Gasteiger partial charge is 0.324 e. The summed E-state index contributed by atoms with van der Waals surface area (Å²) < 4.78 is 16.0. The first-order valence-corrected chi connectivity index (χ1v) is 6.49. The number of thiazole rings is 1. The van der Waals surface area contributed by atoms with Crippen LogP contribution < -0.4 is 0 Å². The Morgan fingerprint density at radius 2 is 2.46 bits per heavy atom. The van der Waals surface area contributed by atoms with Crippen LogP contribution in [-0.4, -0.2) is 16.5 Å². The lowest BCUT2D eigenvalue weighted by Crippen LogP contribution is -1.91. The first-order valence-electron chi connectivity index (χ1n) is 3.91. The molecule has 1 aromatic heterocycles. The summed E-state index contributed by atoms with van der Waals surface area (Å²) in [5.41, 5.74) is 0. The molecule has 0 bridgehead atoms. The van der Waals surface area contributed by atoms with E-state index in [1.54, 1.807) is 13.1 Å². The number of rotatable bonds is 4. The molecule has 0 aliphatic heterocycles. The van der Waals surface area contributed by atoms with Crippen molar-refractivity contribution in [1.82, 2.24) is 4.98 Å². The van der Waals surface area contributed by atoms with Gasteiger partial charge < -0.3 is 9.42 Å². The van der Waals surface area contributed by atoms with Gasteiger partial charge in [-0.2, -0.15) is 0 Å². The van der Waals surface area contributed by atoms with Crippen LogP contribution in [-0.2, 0) is 15.3 Å². The molecule has 1 aromatic rings. The van der Waals surface area contributed by atoms with Crippen molar-refractivity contribution in [3.8, 4) is 0 Å². The van der Waals surface area contributed by atoms with Crippen LogP contribution >= 0.6 is 18.9 Å². The summed E-state index contributed by atoms with van der Waals surface area (Å²) >= 11 is 1.42. The van der Waals surface area contributed by atoms with Crippen LogP contribution in [0.3, 0.4) is 0 Å². The van der Waals surface area contributed by atoms with Gasteiger partial charge in [-0.3, -0.25) is 4.57 Å². The summed E-state index contributed by atoms with van der Waals surface area (Å²) in [5.74, 6) is 0. The second-order valence-electron chi connectivity index (χ2n) is 2.56. The number of aryl methyl sites for hydroxylation is 1. The van der Waals surface area contributed by atoms with Crippen LogP contribution in [0.5, 0.6) is 0 Å². The summed E-state index contributed by atoms with van der Waals surface area (Å²) in [6.07, 6.45) is 1.67. The van der Waals surface area contributed by atoms with Crippen LogP contribution in [0.1, 0.15) is 16.8 Å². The van der Waals surface area contributed by atoms with Crippen LogP contribution in [0.2, 0.25) is 0 Å². The van der Waals surface area contributed by atoms with E-state index in [2.05, 4.69) is 4.98 Å². The van der Waals surface area contributed by atoms with Crippen LogP contribution in [0.15, 0.2) is 6.20 Å². The summed E-state index contributed by atoms with van der Waals surface area (Å²) in [4.78, 5) is 14.1. The predicted octanol–water partition coefficient (Wildman–Crippen LogP) is 2.17. The Bertz CT molecular complexity index is 325. The Morgan fingerprint density at radius 3 is 2.92 bits per heavy atom. The van der Waals surface area contributed by atoms with Gasteiger partial charge in [-0.15, -0.1) is 11.3 Å². The monoisotopic (exact) mass is 221 g/mol. The molecule has 6 heteroatoms. The van der Waals surface area contributed by atoms with E-state index in [4.69, 9.17) is 4.52 Å². The molecule has 0 saturated heterocycles. The highest BCUT2D eigenvalue weighted by molar-refractivity contribution is 7.52. The van der Waals surface area contributed by atoms with Gasteiger partial charge in [0.1, 0.15) is 0 Å². The van der Waals surface area contributed by atoms with Gasteiger partial charge in [0.15, 0.2) is 0 Å². The van der Waals surface area contributed by atoms with Crippen LogP contribution in [0.4, 0.5) is 0 Å². The van der Waals surface area contributed by atoms with Crippen LogP contribution in [0, 0.1) is 6.92 Å². The van der Waals surface area contributed by atoms with Gasteiger partial charge in [0.2, 0.25) is 0 Å². The molecule has 0 fully saturated rings. The van der Waals surface area contributed by atoms with Crippen molar-refractivity contribution in [3.63, 3.8) is 0 Å². The normalized spacial score (nSPS) is 15.6. The van der Waals surface area contributed by atoms with E-state index in [-0.39, 0.29) is 12.8 Å². The van der Waals surface area contributed by atoms with Crippen molar-refractivity contribution in [1.29, 1.82) is 0 Å². The van der Waals surface area contributed by atoms with Crippen molar-refractivity contribution < 1.29 is 14.0 Å². The van der Waals surface area contributed by atoms with E-state index in [0.717, 1.165) is 9.88 Å². The van der Waals surface area contributed by atoms with E-state index in [1.807, 2.05) is 6.92 Å². The van der Waals surface area contributed by atoms with Crippen molar-refractivity contribution in [2.75, 3.05) is 6.61 Å². The molecule has 0 amide bonds. The zero-order valence-corrected chi connectivity index (χ0v) is 9.27. The Labute approximate surface area is 81.1 Å². The maximum atomic E-state index is 11.3. The largest absolute Gasteiger partial charge is 0.333 e. The molecule has 1 N–H and O–H groups in total. The molecule has 0 saturated carbocycles. The standard InChI is InChI=1S/C7H12NO3PS/c1-3-11-12(9,10)5-7-4-8-6(2)13-7/h4H,3,5H2,1-2H3,(H,9,10). The maximum Gasteiger partial charge on any atom is 0.333 e. The average molecular weight is 221 g/mol. The third-order valence-electron chi connectivity index (χ3n) is 1.36. The summed E-state index contributed by atoms with van der Waals surface area (Å²) in [6.45, 7) is 3.81. The lowest BCUT2D eigenvalue weighted by atomic mass is 10.6. The molecule has 1 rings (SSSR count). The average Bonchev–Trinajstić information content (AvgIpc) is 2.34. The fraction of sp³-hybridized carbons (Fsp3) is 0.571. The van der Waals surface area contributed by atoms with Crippen molar-refractivity contribution in [2.45, 2.75) is 20.0 Å². The van der Waals surface area contributed by atoms with Gasteiger partial charge in [0, 0.05) is 11.1 Å². The maximum absolute atomic E-state index is 11.3.